The van der Waals surface area contributed by atoms with Crippen molar-refractivity contribution in [3.8, 4) is 0 Å². The Labute approximate surface area is 156 Å². The lowest BCUT2D eigenvalue weighted by Gasteiger charge is -2.18. The number of carbonyl (C=O) groups is 2. The van der Waals surface area contributed by atoms with Gasteiger partial charge in [-0.25, -0.2) is 9.47 Å². The molecule has 0 fully saturated rings. The number of carbonyl (C=O) groups excluding carboxylic acids is 2. The second-order valence-electron chi connectivity index (χ2n) is 6.68. The van der Waals surface area contributed by atoms with Crippen LogP contribution in [0.4, 0.5) is 4.79 Å². The zero-order valence-electron chi connectivity index (χ0n) is 15.3. The summed E-state index contributed by atoms with van der Waals surface area (Å²) >= 11 is 1.15. The molecule has 1 aromatic carbocycles. The predicted molar refractivity (Wildman–Crippen MR) is 101 cm³/mol. The number of aromatic nitrogens is 3. The third-order valence-electron chi connectivity index (χ3n) is 3.47. The molecule has 0 radical (unpaired) electrons. The molecule has 0 spiro atoms. The maximum Gasteiger partial charge on any atom is 0.321 e. The van der Waals surface area contributed by atoms with Crippen LogP contribution in [0.3, 0.4) is 0 Å². The van der Waals surface area contributed by atoms with E-state index in [0.717, 1.165) is 17.3 Å². The van der Waals surface area contributed by atoms with E-state index in [1.807, 2.05) is 51.1 Å². The van der Waals surface area contributed by atoms with Gasteiger partial charge in [0.05, 0.1) is 0 Å². The Hall–Kier alpha value is -2.55. The van der Waals surface area contributed by atoms with Crippen molar-refractivity contribution in [2.45, 2.75) is 43.5 Å². The summed E-state index contributed by atoms with van der Waals surface area (Å²) in [7, 11) is 0. The molecule has 26 heavy (non-hydrogen) atoms. The highest BCUT2D eigenvalue weighted by Gasteiger charge is 2.29. The summed E-state index contributed by atoms with van der Waals surface area (Å²) in [5.74, 6) is 6.28. The van der Waals surface area contributed by atoms with Crippen molar-refractivity contribution in [3.05, 3.63) is 41.7 Å². The Morgan fingerprint density at radius 1 is 1.23 bits per heavy atom. The molecule has 0 aliphatic heterocycles. The molecule has 0 unspecified atom stereocenters. The minimum absolute atomic E-state index is 0.286. The molecule has 140 valence electrons. The zero-order chi connectivity index (χ0) is 19.3. The first-order chi connectivity index (χ1) is 12.2. The number of nitrogens with one attached hydrogen (secondary N) is 2. The van der Waals surface area contributed by atoms with Gasteiger partial charge in [0.25, 0.3) is 0 Å². The highest BCUT2D eigenvalue weighted by molar-refractivity contribution is 8.00. The van der Waals surface area contributed by atoms with Crippen LogP contribution in [0, 0.1) is 0 Å². The van der Waals surface area contributed by atoms with Crippen molar-refractivity contribution in [1.29, 1.82) is 0 Å². The summed E-state index contributed by atoms with van der Waals surface area (Å²) in [6.45, 7) is 8.13. The summed E-state index contributed by atoms with van der Waals surface area (Å²) in [6, 6.07) is 8.61. The molecule has 1 aromatic heterocycles. The standard InChI is InChI=1S/C17H24N6O2S/c1-5-19-15(25)20-13(24)12(11-9-7-6-8-10-11)26-16-22-21-14(23(16)18)17(2,3)4/h6-10,12H,5,18H2,1-4H3,(H2,19,20,24,25)/t12-/m1/s1. The van der Waals surface area contributed by atoms with E-state index in [9.17, 15) is 9.59 Å². The van der Waals surface area contributed by atoms with Crippen LogP contribution in [0.1, 0.15) is 44.3 Å². The van der Waals surface area contributed by atoms with E-state index in [4.69, 9.17) is 5.84 Å². The third-order valence-corrected chi connectivity index (χ3v) is 4.68. The van der Waals surface area contributed by atoms with Crippen LogP contribution in [0.25, 0.3) is 0 Å². The SMILES string of the molecule is CCNC(=O)NC(=O)[C@H](Sc1nnc(C(C)(C)C)n1N)c1ccccc1. The molecular formula is C17H24N6O2S. The average molecular weight is 376 g/mol. The number of nitrogens with zero attached hydrogens (tertiary/aromatic N) is 3. The molecule has 9 heteroatoms. The van der Waals surface area contributed by atoms with Crippen LogP contribution in [-0.4, -0.2) is 33.4 Å². The molecule has 0 bridgehead atoms. The van der Waals surface area contributed by atoms with E-state index in [0.29, 0.717) is 17.5 Å². The van der Waals surface area contributed by atoms with Gasteiger partial charge < -0.3 is 11.2 Å². The van der Waals surface area contributed by atoms with Gasteiger partial charge in [-0.1, -0.05) is 62.9 Å². The monoisotopic (exact) mass is 376 g/mol. The van der Waals surface area contributed by atoms with Crippen LogP contribution in [-0.2, 0) is 10.2 Å². The normalized spacial score (nSPS) is 12.5. The van der Waals surface area contributed by atoms with Crippen molar-refractivity contribution in [2.75, 3.05) is 12.4 Å². The number of benzene rings is 1. The van der Waals surface area contributed by atoms with Crippen LogP contribution < -0.4 is 16.5 Å². The van der Waals surface area contributed by atoms with E-state index in [1.165, 1.54) is 4.68 Å². The minimum atomic E-state index is -0.696. The Morgan fingerprint density at radius 2 is 1.88 bits per heavy atom. The van der Waals surface area contributed by atoms with Gasteiger partial charge in [0.15, 0.2) is 5.82 Å². The number of rotatable bonds is 5. The van der Waals surface area contributed by atoms with Crippen LogP contribution >= 0.6 is 11.8 Å². The second-order valence-corrected chi connectivity index (χ2v) is 7.76. The smallest absolute Gasteiger partial charge is 0.321 e. The Bertz CT molecular complexity index is 769. The van der Waals surface area contributed by atoms with Gasteiger partial charge in [-0.3, -0.25) is 10.1 Å². The number of urea groups is 1. The molecule has 1 heterocycles. The second kappa shape index (κ2) is 8.22. The zero-order valence-corrected chi connectivity index (χ0v) is 16.1. The van der Waals surface area contributed by atoms with Gasteiger partial charge in [0, 0.05) is 12.0 Å². The van der Waals surface area contributed by atoms with E-state index in [2.05, 4.69) is 20.8 Å². The molecule has 4 N–H and O–H groups in total. The third kappa shape index (κ3) is 4.75. The molecular weight excluding hydrogens is 352 g/mol. The van der Waals surface area contributed by atoms with Gasteiger partial charge in [-0.05, 0) is 12.5 Å². The van der Waals surface area contributed by atoms with Crippen molar-refractivity contribution >= 4 is 23.7 Å². The summed E-state index contributed by atoms with van der Waals surface area (Å²) < 4.78 is 1.39. The summed E-state index contributed by atoms with van der Waals surface area (Å²) in [6.07, 6.45) is 0. The lowest BCUT2D eigenvalue weighted by atomic mass is 9.96. The number of amides is 3. The number of hydrogen-bond acceptors (Lipinski definition) is 6. The van der Waals surface area contributed by atoms with Crippen LogP contribution in [0.5, 0.6) is 0 Å². The Kier molecular flexibility index (Phi) is 6.25. The number of thioether (sulfide) groups is 1. The first-order valence-electron chi connectivity index (χ1n) is 8.25. The fourth-order valence-corrected chi connectivity index (χ4v) is 3.22. The number of hydrogen-bond donors (Lipinski definition) is 3. The summed E-state index contributed by atoms with van der Waals surface area (Å²) in [5.41, 5.74) is 0.450. The maximum absolute atomic E-state index is 12.7. The first kappa shape index (κ1) is 19.8. The van der Waals surface area contributed by atoms with E-state index < -0.39 is 17.2 Å². The number of imide groups is 1. The average Bonchev–Trinajstić information content (AvgIpc) is 2.94. The van der Waals surface area contributed by atoms with Crippen LogP contribution in [0.2, 0.25) is 0 Å². The van der Waals surface area contributed by atoms with Crippen molar-refractivity contribution in [1.82, 2.24) is 25.5 Å². The van der Waals surface area contributed by atoms with Gasteiger partial charge in [0.1, 0.15) is 5.25 Å². The maximum atomic E-state index is 12.7. The molecule has 1 atom stereocenters. The predicted octanol–water partition coefficient (Wildman–Crippen LogP) is 1.97. The largest absolute Gasteiger partial charge is 0.338 e. The van der Waals surface area contributed by atoms with Crippen LogP contribution in [0.15, 0.2) is 35.5 Å². The number of nitrogen functional groups attached to an aromatic ring is 1. The van der Waals surface area contributed by atoms with Crippen molar-refractivity contribution in [2.24, 2.45) is 0 Å². The molecule has 2 aromatic rings. The topological polar surface area (TPSA) is 115 Å². The molecule has 0 aliphatic rings. The summed E-state index contributed by atoms with van der Waals surface area (Å²) in [5, 5.41) is 12.8. The molecule has 8 nitrogen and oxygen atoms in total. The van der Waals surface area contributed by atoms with Gasteiger partial charge in [0.2, 0.25) is 11.1 Å². The Balaban J connectivity index is 2.30. The quantitative estimate of drug-likeness (QED) is 0.543. The fraction of sp³-hybridized carbons (Fsp3) is 0.412. The van der Waals surface area contributed by atoms with Gasteiger partial charge in [-0.2, -0.15) is 0 Å². The lowest BCUT2D eigenvalue weighted by Crippen LogP contribution is -2.41. The fourth-order valence-electron chi connectivity index (χ4n) is 2.26. The van der Waals surface area contributed by atoms with Gasteiger partial charge in [-0.15, -0.1) is 10.2 Å². The number of nitrogens with two attached hydrogens (primary N) is 1. The molecule has 3 amide bonds. The minimum Gasteiger partial charge on any atom is -0.338 e. The highest BCUT2D eigenvalue weighted by Crippen LogP contribution is 2.35. The Morgan fingerprint density at radius 3 is 2.42 bits per heavy atom. The highest BCUT2D eigenvalue weighted by atomic mass is 32.2. The molecule has 0 aliphatic carbocycles. The first-order valence-corrected chi connectivity index (χ1v) is 9.13. The van der Waals surface area contributed by atoms with E-state index in [-0.39, 0.29) is 5.41 Å². The molecule has 0 saturated carbocycles. The van der Waals surface area contributed by atoms with Gasteiger partial charge >= 0.3 is 6.03 Å². The lowest BCUT2D eigenvalue weighted by molar-refractivity contribution is -0.119. The van der Waals surface area contributed by atoms with E-state index >= 15 is 0 Å². The van der Waals surface area contributed by atoms with E-state index in [1.54, 1.807) is 6.92 Å². The van der Waals surface area contributed by atoms with Crippen molar-refractivity contribution in [3.63, 3.8) is 0 Å². The molecule has 0 saturated heterocycles. The van der Waals surface area contributed by atoms with Crippen molar-refractivity contribution < 1.29 is 9.59 Å². The molecule has 2 rings (SSSR count). The summed E-state index contributed by atoms with van der Waals surface area (Å²) in [4.78, 5) is 24.4.